The molecule has 2 heterocycles. The normalized spacial score (nSPS) is 14.2. The van der Waals surface area contributed by atoms with Crippen molar-refractivity contribution in [1.82, 2.24) is 10.0 Å². The molecule has 0 saturated heterocycles. The predicted molar refractivity (Wildman–Crippen MR) is 74.8 cm³/mol. The van der Waals surface area contributed by atoms with Gasteiger partial charge in [-0.05, 0) is 43.4 Å². The zero-order valence-electron chi connectivity index (χ0n) is 10.8. The first-order valence-electron chi connectivity index (χ1n) is 6.42. The molecule has 100 valence electrons. The third kappa shape index (κ3) is 2.19. The summed E-state index contributed by atoms with van der Waals surface area (Å²) >= 11 is 1.72. The van der Waals surface area contributed by atoms with E-state index in [1.165, 1.54) is 24.0 Å². The molecule has 3 rings (SSSR count). The lowest BCUT2D eigenvalue weighted by molar-refractivity contribution is 0.0537. The number of fused-ring (bicyclic) bond motifs is 1. The van der Waals surface area contributed by atoms with Crippen LogP contribution >= 0.6 is 11.3 Å². The van der Waals surface area contributed by atoms with Gasteiger partial charge in [-0.1, -0.05) is 0 Å². The summed E-state index contributed by atoms with van der Waals surface area (Å²) in [6.45, 7) is 0. The van der Waals surface area contributed by atoms with E-state index in [4.69, 9.17) is 4.84 Å². The molecule has 0 aromatic carbocycles. The first kappa shape index (κ1) is 12.4. The van der Waals surface area contributed by atoms with Gasteiger partial charge in [0.05, 0.1) is 12.7 Å². The summed E-state index contributed by atoms with van der Waals surface area (Å²) in [5.74, 6) is -0.148. The molecular formula is C14H16N2O2S. The minimum Gasteiger partial charge on any atom is -0.315 e. The van der Waals surface area contributed by atoms with Crippen molar-refractivity contribution in [3.63, 3.8) is 0 Å². The monoisotopic (exact) mass is 276 g/mol. The summed E-state index contributed by atoms with van der Waals surface area (Å²) in [6.07, 6.45) is 8.38. The smallest absolute Gasteiger partial charge is 0.278 e. The summed E-state index contributed by atoms with van der Waals surface area (Å²) in [5.41, 5.74) is 4.43. The molecular weight excluding hydrogens is 260 g/mol. The van der Waals surface area contributed by atoms with E-state index in [0.717, 1.165) is 29.8 Å². The quantitative estimate of drug-likeness (QED) is 0.876. The topological polar surface area (TPSA) is 43.3 Å². The number of amides is 1. The Kier molecular flexibility index (Phi) is 3.40. The predicted octanol–water partition coefficient (Wildman–Crippen LogP) is 2.71. The second kappa shape index (κ2) is 5.19. The van der Waals surface area contributed by atoms with E-state index in [1.807, 2.05) is 29.1 Å². The van der Waals surface area contributed by atoms with Crippen LogP contribution in [0.15, 0.2) is 24.5 Å². The lowest BCUT2D eigenvalue weighted by Gasteiger charge is -2.12. The molecule has 1 aliphatic carbocycles. The first-order valence-corrected chi connectivity index (χ1v) is 7.24. The van der Waals surface area contributed by atoms with Gasteiger partial charge in [-0.25, -0.2) is 5.48 Å². The van der Waals surface area contributed by atoms with Gasteiger partial charge in [-0.3, -0.25) is 9.63 Å². The number of hydrogen-bond donors (Lipinski definition) is 1. The van der Waals surface area contributed by atoms with Crippen LogP contribution in [0.1, 0.15) is 33.6 Å². The zero-order valence-corrected chi connectivity index (χ0v) is 11.6. The fraction of sp³-hybridized carbons (Fsp3) is 0.357. The molecule has 0 fully saturated rings. The van der Waals surface area contributed by atoms with Crippen molar-refractivity contribution < 1.29 is 9.63 Å². The largest absolute Gasteiger partial charge is 0.315 e. The average Bonchev–Trinajstić information content (AvgIpc) is 3.06. The van der Waals surface area contributed by atoms with Crippen molar-refractivity contribution >= 4 is 17.2 Å². The SMILES string of the molecule is CONC(=O)c1c(-n2cccc2)sc2c1CCCC2. The highest BCUT2D eigenvalue weighted by atomic mass is 32.1. The standard InChI is InChI=1S/C14H16N2O2S/c1-18-15-13(17)12-10-6-2-3-7-11(10)19-14(12)16-8-4-5-9-16/h4-5,8-9H,2-3,6-7H2,1H3,(H,15,17). The van der Waals surface area contributed by atoms with Crippen LogP contribution in [0, 0.1) is 0 Å². The molecule has 4 nitrogen and oxygen atoms in total. The minimum atomic E-state index is -0.148. The number of thiophene rings is 1. The highest BCUT2D eigenvalue weighted by molar-refractivity contribution is 7.15. The van der Waals surface area contributed by atoms with E-state index >= 15 is 0 Å². The summed E-state index contributed by atoms with van der Waals surface area (Å²) in [5, 5.41) is 0.992. The van der Waals surface area contributed by atoms with Crippen LogP contribution in [0.2, 0.25) is 0 Å². The number of carbonyl (C=O) groups excluding carboxylic acids is 1. The molecule has 19 heavy (non-hydrogen) atoms. The maximum Gasteiger partial charge on any atom is 0.278 e. The molecule has 0 bridgehead atoms. The van der Waals surface area contributed by atoms with Crippen molar-refractivity contribution in [3.8, 4) is 5.00 Å². The molecule has 0 radical (unpaired) electrons. The number of aryl methyl sites for hydroxylation is 1. The summed E-state index contributed by atoms with van der Waals surface area (Å²) in [7, 11) is 1.46. The first-order chi connectivity index (χ1) is 9.31. The van der Waals surface area contributed by atoms with Crippen molar-refractivity contribution in [3.05, 3.63) is 40.5 Å². The maximum atomic E-state index is 12.3. The molecule has 1 amide bonds. The third-order valence-corrected chi connectivity index (χ3v) is 4.72. The second-order valence-electron chi connectivity index (χ2n) is 4.62. The summed E-state index contributed by atoms with van der Waals surface area (Å²) in [6, 6.07) is 3.94. The minimum absolute atomic E-state index is 0.148. The van der Waals surface area contributed by atoms with Gasteiger partial charge in [0.1, 0.15) is 5.00 Å². The van der Waals surface area contributed by atoms with Gasteiger partial charge in [0.25, 0.3) is 5.91 Å². The van der Waals surface area contributed by atoms with Crippen LogP contribution in [0.3, 0.4) is 0 Å². The number of nitrogens with one attached hydrogen (secondary N) is 1. The van der Waals surface area contributed by atoms with E-state index in [-0.39, 0.29) is 5.91 Å². The summed E-state index contributed by atoms with van der Waals surface area (Å²) in [4.78, 5) is 18.4. The van der Waals surface area contributed by atoms with E-state index in [9.17, 15) is 4.79 Å². The van der Waals surface area contributed by atoms with Crippen molar-refractivity contribution in [2.24, 2.45) is 0 Å². The number of aromatic nitrogens is 1. The number of rotatable bonds is 3. The van der Waals surface area contributed by atoms with E-state index in [2.05, 4.69) is 5.48 Å². The van der Waals surface area contributed by atoms with Crippen LogP contribution < -0.4 is 5.48 Å². The molecule has 0 aliphatic heterocycles. The maximum absolute atomic E-state index is 12.3. The third-order valence-electron chi connectivity index (χ3n) is 3.41. The molecule has 2 aromatic rings. The van der Waals surface area contributed by atoms with Crippen LogP contribution in [-0.4, -0.2) is 17.6 Å². The Morgan fingerprint density at radius 2 is 2.05 bits per heavy atom. The fourth-order valence-corrected chi connectivity index (χ4v) is 3.93. The Morgan fingerprint density at radius 3 is 2.79 bits per heavy atom. The van der Waals surface area contributed by atoms with Crippen LogP contribution in [0.25, 0.3) is 5.00 Å². The Labute approximate surface area is 116 Å². The highest BCUT2D eigenvalue weighted by Gasteiger charge is 2.25. The molecule has 0 saturated carbocycles. The van der Waals surface area contributed by atoms with Gasteiger partial charge in [-0.2, -0.15) is 0 Å². The fourth-order valence-electron chi connectivity index (χ4n) is 2.58. The zero-order chi connectivity index (χ0) is 13.2. The van der Waals surface area contributed by atoms with E-state index in [1.54, 1.807) is 11.3 Å². The second-order valence-corrected chi connectivity index (χ2v) is 5.70. The number of hydrogen-bond acceptors (Lipinski definition) is 3. The van der Waals surface area contributed by atoms with Gasteiger partial charge in [0.2, 0.25) is 0 Å². The number of hydroxylamine groups is 1. The molecule has 5 heteroatoms. The Bertz CT molecular complexity index is 587. The van der Waals surface area contributed by atoms with Crippen molar-refractivity contribution in [1.29, 1.82) is 0 Å². The molecule has 1 aliphatic rings. The van der Waals surface area contributed by atoms with Crippen LogP contribution in [-0.2, 0) is 17.7 Å². The Morgan fingerprint density at radius 1 is 1.32 bits per heavy atom. The van der Waals surface area contributed by atoms with E-state index < -0.39 is 0 Å². The van der Waals surface area contributed by atoms with Gasteiger partial charge < -0.3 is 4.57 Å². The number of nitrogens with zero attached hydrogens (tertiary/aromatic N) is 1. The van der Waals surface area contributed by atoms with Crippen LogP contribution in [0.5, 0.6) is 0 Å². The van der Waals surface area contributed by atoms with Gasteiger partial charge in [0, 0.05) is 17.3 Å². The molecule has 2 aromatic heterocycles. The Hall–Kier alpha value is -1.59. The van der Waals surface area contributed by atoms with Crippen molar-refractivity contribution in [2.75, 3.05) is 7.11 Å². The molecule has 1 N–H and O–H groups in total. The van der Waals surface area contributed by atoms with Gasteiger partial charge >= 0.3 is 0 Å². The highest BCUT2D eigenvalue weighted by Crippen LogP contribution is 2.36. The molecule has 0 atom stereocenters. The lowest BCUT2D eigenvalue weighted by atomic mass is 9.95. The van der Waals surface area contributed by atoms with Crippen molar-refractivity contribution in [2.45, 2.75) is 25.7 Å². The van der Waals surface area contributed by atoms with Crippen LogP contribution in [0.4, 0.5) is 0 Å². The average molecular weight is 276 g/mol. The Balaban J connectivity index is 2.12. The van der Waals surface area contributed by atoms with Gasteiger partial charge in [-0.15, -0.1) is 11.3 Å². The van der Waals surface area contributed by atoms with E-state index in [0.29, 0.717) is 0 Å². The summed E-state index contributed by atoms with van der Waals surface area (Å²) < 4.78 is 2.01. The lowest BCUT2D eigenvalue weighted by Crippen LogP contribution is -2.24. The van der Waals surface area contributed by atoms with Gasteiger partial charge in [0.15, 0.2) is 0 Å². The molecule has 0 unspecified atom stereocenters. The number of carbonyl (C=O) groups is 1. The molecule has 0 spiro atoms.